The van der Waals surface area contributed by atoms with Crippen molar-refractivity contribution in [1.82, 2.24) is 9.71 Å². The number of halogens is 1. The molecule has 0 atom stereocenters. The molecule has 0 aliphatic rings. The minimum atomic E-state index is -3.86. The van der Waals surface area contributed by atoms with Crippen molar-refractivity contribution >= 4 is 37.8 Å². The molecule has 0 unspecified atom stereocenters. The van der Waals surface area contributed by atoms with Gasteiger partial charge in [0.1, 0.15) is 0 Å². The third-order valence-electron chi connectivity index (χ3n) is 1.20. The first-order valence-corrected chi connectivity index (χ1v) is 5.92. The van der Waals surface area contributed by atoms with Crippen molar-refractivity contribution in [3.63, 3.8) is 0 Å². The van der Waals surface area contributed by atoms with Crippen molar-refractivity contribution in [2.24, 2.45) is 5.73 Å². The number of pyridine rings is 1. The number of nitrogens with two attached hydrogens (primary N) is 1. The Bertz CT molecular complexity index is 474. The molecule has 0 saturated carbocycles. The van der Waals surface area contributed by atoms with E-state index >= 15 is 0 Å². The molecule has 0 fully saturated rings. The number of nitrogens with one attached hydrogen (secondary N) is 3. The summed E-state index contributed by atoms with van der Waals surface area (Å²) in [6.45, 7) is 0. The van der Waals surface area contributed by atoms with Gasteiger partial charge in [-0.25, -0.2) is 4.72 Å². The Kier molecular flexibility index (Phi) is 3.48. The van der Waals surface area contributed by atoms with Gasteiger partial charge in [0.15, 0.2) is 0 Å². The summed E-state index contributed by atoms with van der Waals surface area (Å²) in [5.74, 6) is -0.662. The molecule has 1 rings (SSSR count). The summed E-state index contributed by atoms with van der Waals surface area (Å²) in [6, 6.07) is 1.52. The summed E-state index contributed by atoms with van der Waals surface area (Å²) < 4.78 is 27.0. The molecule has 0 aliphatic carbocycles. The van der Waals surface area contributed by atoms with E-state index in [0.717, 1.165) is 0 Å². The molecule has 0 bridgehead atoms. The molecule has 82 valence electrons. The molecular formula is C6H8BrN5O2S. The van der Waals surface area contributed by atoms with Gasteiger partial charge in [-0.1, -0.05) is 0 Å². The van der Waals surface area contributed by atoms with E-state index in [1.54, 1.807) is 4.72 Å². The lowest BCUT2D eigenvalue weighted by molar-refractivity contribution is 0.597. The number of hydrogen-bond donors (Lipinski definition) is 4. The number of rotatable bonds is 3. The molecule has 1 aromatic heterocycles. The quantitative estimate of drug-likeness (QED) is 0.462. The minimum Gasteiger partial charge on any atom is -0.369 e. The zero-order valence-electron chi connectivity index (χ0n) is 7.36. The standard InChI is InChI=1S/C6H8BrN5O2S/c7-4-1-5(3-10-2-4)11-15(13,14)12-6(8)9/h1-3,11H,(H4,8,9,12). The van der Waals surface area contributed by atoms with Crippen LogP contribution in [0.1, 0.15) is 0 Å². The monoisotopic (exact) mass is 293 g/mol. The lowest BCUT2D eigenvalue weighted by Gasteiger charge is -2.08. The fourth-order valence-electron chi connectivity index (χ4n) is 0.793. The molecule has 0 spiro atoms. The van der Waals surface area contributed by atoms with Gasteiger partial charge in [0, 0.05) is 10.7 Å². The number of nitrogens with zero attached hydrogens (tertiary/aromatic N) is 1. The zero-order valence-corrected chi connectivity index (χ0v) is 9.76. The Morgan fingerprint density at radius 1 is 1.53 bits per heavy atom. The molecule has 7 nitrogen and oxygen atoms in total. The molecule has 15 heavy (non-hydrogen) atoms. The zero-order chi connectivity index (χ0) is 11.5. The van der Waals surface area contributed by atoms with Crippen molar-refractivity contribution in [2.45, 2.75) is 0 Å². The Labute approximate surface area is 94.9 Å². The Balaban J connectivity index is 2.82. The lowest BCUT2D eigenvalue weighted by atomic mass is 10.4. The average molecular weight is 294 g/mol. The maximum atomic E-state index is 11.2. The van der Waals surface area contributed by atoms with Crippen molar-refractivity contribution in [2.75, 3.05) is 4.72 Å². The first kappa shape index (κ1) is 11.7. The highest BCUT2D eigenvalue weighted by atomic mass is 79.9. The molecule has 0 amide bonds. The van der Waals surface area contributed by atoms with Crippen LogP contribution in [0.15, 0.2) is 22.9 Å². The number of anilines is 1. The minimum absolute atomic E-state index is 0.262. The average Bonchev–Trinajstić information content (AvgIpc) is 1.99. The van der Waals surface area contributed by atoms with Crippen molar-refractivity contribution < 1.29 is 8.42 Å². The predicted octanol–water partition coefficient (Wildman–Crippen LogP) is -0.0161. The van der Waals surface area contributed by atoms with Gasteiger partial charge < -0.3 is 5.73 Å². The van der Waals surface area contributed by atoms with E-state index in [-0.39, 0.29) is 5.69 Å². The number of hydrogen-bond acceptors (Lipinski definition) is 4. The molecule has 1 heterocycles. The fourth-order valence-corrected chi connectivity index (χ4v) is 1.92. The molecule has 1 aromatic rings. The Hall–Kier alpha value is -1.35. The molecular weight excluding hydrogens is 286 g/mol. The second-order valence-electron chi connectivity index (χ2n) is 2.51. The van der Waals surface area contributed by atoms with Crippen LogP contribution in [0, 0.1) is 5.41 Å². The van der Waals surface area contributed by atoms with E-state index in [0.29, 0.717) is 4.47 Å². The van der Waals surface area contributed by atoms with Crippen LogP contribution in [0.3, 0.4) is 0 Å². The van der Waals surface area contributed by atoms with Gasteiger partial charge in [0.25, 0.3) is 0 Å². The first-order chi connectivity index (χ1) is 6.89. The topological polar surface area (TPSA) is 121 Å². The summed E-state index contributed by atoms with van der Waals surface area (Å²) in [5, 5.41) is 6.78. The molecule has 0 aromatic carbocycles. The highest BCUT2D eigenvalue weighted by molar-refractivity contribution is 9.10. The van der Waals surface area contributed by atoms with Crippen LogP contribution in [0.4, 0.5) is 5.69 Å². The van der Waals surface area contributed by atoms with Crippen molar-refractivity contribution in [3.05, 3.63) is 22.9 Å². The SMILES string of the molecule is N=C(N)NS(=O)(=O)Nc1cncc(Br)c1. The van der Waals surface area contributed by atoms with Gasteiger partial charge >= 0.3 is 10.2 Å². The number of guanidine groups is 1. The highest BCUT2D eigenvalue weighted by Gasteiger charge is 2.10. The second kappa shape index (κ2) is 4.45. The smallest absolute Gasteiger partial charge is 0.323 e. The molecule has 0 radical (unpaired) electrons. The largest absolute Gasteiger partial charge is 0.369 e. The van der Waals surface area contributed by atoms with Gasteiger partial charge in [-0.2, -0.15) is 8.42 Å². The molecule has 0 aliphatic heterocycles. The maximum absolute atomic E-state index is 11.2. The van der Waals surface area contributed by atoms with Gasteiger partial charge in [-0.05, 0) is 22.0 Å². The van der Waals surface area contributed by atoms with E-state index in [2.05, 4.69) is 25.6 Å². The van der Waals surface area contributed by atoms with Crippen LogP contribution < -0.4 is 15.2 Å². The predicted molar refractivity (Wildman–Crippen MR) is 59.5 cm³/mol. The first-order valence-electron chi connectivity index (χ1n) is 3.64. The fraction of sp³-hybridized carbons (Fsp3) is 0. The number of aromatic nitrogens is 1. The van der Waals surface area contributed by atoms with Gasteiger partial charge in [0.05, 0.1) is 11.9 Å². The van der Waals surface area contributed by atoms with E-state index in [4.69, 9.17) is 11.1 Å². The van der Waals surface area contributed by atoms with Crippen LogP contribution in [0.5, 0.6) is 0 Å². The molecule has 5 N–H and O–H groups in total. The van der Waals surface area contributed by atoms with Crippen LogP contribution in [-0.2, 0) is 10.2 Å². The van der Waals surface area contributed by atoms with Crippen molar-refractivity contribution in [3.8, 4) is 0 Å². The van der Waals surface area contributed by atoms with E-state index in [1.165, 1.54) is 18.5 Å². The summed E-state index contributed by atoms with van der Waals surface area (Å²) in [7, 11) is -3.86. The summed E-state index contributed by atoms with van der Waals surface area (Å²) in [6.07, 6.45) is 2.83. The van der Waals surface area contributed by atoms with Crippen LogP contribution in [0.25, 0.3) is 0 Å². The van der Waals surface area contributed by atoms with E-state index in [9.17, 15) is 8.42 Å². The molecule has 0 saturated heterocycles. The van der Waals surface area contributed by atoms with Crippen LogP contribution in [-0.4, -0.2) is 19.4 Å². The Morgan fingerprint density at radius 2 is 2.20 bits per heavy atom. The Morgan fingerprint density at radius 3 is 2.73 bits per heavy atom. The van der Waals surface area contributed by atoms with Crippen molar-refractivity contribution in [1.29, 1.82) is 5.41 Å². The summed E-state index contributed by atoms with van der Waals surface area (Å²) >= 11 is 3.14. The maximum Gasteiger partial charge on any atom is 0.323 e. The summed E-state index contributed by atoms with van der Waals surface area (Å²) in [5.41, 5.74) is 5.15. The second-order valence-corrected chi connectivity index (χ2v) is 4.84. The summed E-state index contributed by atoms with van der Waals surface area (Å²) in [4.78, 5) is 3.76. The van der Waals surface area contributed by atoms with E-state index in [1.807, 2.05) is 0 Å². The third kappa shape index (κ3) is 4.13. The van der Waals surface area contributed by atoms with Gasteiger partial charge in [0.2, 0.25) is 5.96 Å². The van der Waals surface area contributed by atoms with Crippen LogP contribution in [0.2, 0.25) is 0 Å². The van der Waals surface area contributed by atoms with Gasteiger partial charge in [-0.15, -0.1) is 0 Å². The normalized spacial score (nSPS) is 10.7. The third-order valence-corrected chi connectivity index (χ3v) is 2.63. The van der Waals surface area contributed by atoms with E-state index < -0.39 is 16.2 Å². The lowest BCUT2D eigenvalue weighted by Crippen LogP contribution is -2.39. The highest BCUT2D eigenvalue weighted by Crippen LogP contribution is 2.14. The molecule has 9 heteroatoms. The van der Waals surface area contributed by atoms with Gasteiger partial charge in [-0.3, -0.25) is 15.1 Å². The van der Waals surface area contributed by atoms with Crippen LogP contribution >= 0.6 is 15.9 Å².